The Morgan fingerprint density at radius 3 is 2.64 bits per heavy atom. The van der Waals surface area contributed by atoms with Gasteiger partial charge in [-0.3, -0.25) is 0 Å². The average molecular weight is 346 g/mol. The largest absolute Gasteiger partial charge is 0.335 e. The molecule has 2 N–H and O–H groups in total. The second kappa shape index (κ2) is 7.30. The number of piperidine rings is 1. The monoisotopic (exact) mass is 345 g/mol. The third-order valence-corrected chi connectivity index (χ3v) is 5.75. The van der Waals surface area contributed by atoms with Gasteiger partial charge in [0.2, 0.25) is 10.0 Å². The number of amides is 2. The molecule has 6 nitrogen and oxygen atoms in total. The van der Waals surface area contributed by atoms with E-state index in [0.717, 1.165) is 0 Å². The van der Waals surface area contributed by atoms with Gasteiger partial charge >= 0.3 is 6.03 Å². The van der Waals surface area contributed by atoms with Gasteiger partial charge in [-0.15, -0.1) is 0 Å². The van der Waals surface area contributed by atoms with Crippen LogP contribution >= 0.6 is 11.6 Å². The zero-order chi connectivity index (χ0) is 16.2. The highest BCUT2D eigenvalue weighted by Gasteiger charge is 2.27. The van der Waals surface area contributed by atoms with Crippen molar-refractivity contribution < 1.29 is 13.2 Å². The predicted molar refractivity (Wildman–Crippen MR) is 87.7 cm³/mol. The number of nitrogens with one attached hydrogen (secondary N) is 2. The maximum Gasteiger partial charge on any atom is 0.319 e. The quantitative estimate of drug-likeness (QED) is 0.878. The van der Waals surface area contributed by atoms with Gasteiger partial charge in [0.1, 0.15) is 0 Å². The van der Waals surface area contributed by atoms with Gasteiger partial charge in [-0.1, -0.05) is 17.7 Å². The van der Waals surface area contributed by atoms with Crippen LogP contribution in [0.1, 0.15) is 19.8 Å². The van der Waals surface area contributed by atoms with Crippen LogP contribution in [0, 0.1) is 0 Å². The van der Waals surface area contributed by atoms with Crippen molar-refractivity contribution in [3.63, 3.8) is 0 Å². The number of urea groups is 1. The third kappa shape index (κ3) is 4.59. The van der Waals surface area contributed by atoms with Crippen molar-refractivity contribution in [3.05, 3.63) is 29.3 Å². The number of carbonyl (C=O) groups is 1. The minimum Gasteiger partial charge on any atom is -0.335 e. The minimum absolute atomic E-state index is 0.0255. The molecule has 1 aliphatic heterocycles. The van der Waals surface area contributed by atoms with E-state index in [-0.39, 0.29) is 17.8 Å². The van der Waals surface area contributed by atoms with E-state index in [1.807, 2.05) is 0 Å². The molecule has 0 aromatic heterocycles. The van der Waals surface area contributed by atoms with Gasteiger partial charge in [-0.05, 0) is 38.0 Å². The molecule has 22 heavy (non-hydrogen) atoms. The molecule has 1 aromatic rings. The van der Waals surface area contributed by atoms with Gasteiger partial charge in [0.05, 0.1) is 5.75 Å². The van der Waals surface area contributed by atoms with Crippen LogP contribution in [-0.4, -0.2) is 43.6 Å². The molecule has 0 spiro atoms. The average Bonchev–Trinajstić information content (AvgIpc) is 2.47. The van der Waals surface area contributed by atoms with Crippen molar-refractivity contribution in [1.82, 2.24) is 9.62 Å². The Hall–Kier alpha value is -1.31. The minimum atomic E-state index is -3.14. The summed E-state index contributed by atoms with van der Waals surface area (Å²) < 4.78 is 25.0. The number of hydrogen-bond acceptors (Lipinski definition) is 3. The summed E-state index contributed by atoms with van der Waals surface area (Å²) in [4.78, 5) is 11.9. The molecule has 1 aliphatic rings. The van der Waals surface area contributed by atoms with E-state index < -0.39 is 10.0 Å². The van der Waals surface area contributed by atoms with Gasteiger partial charge in [0.25, 0.3) is 0 Å². The number of rotatable bonds is 4. The third-order valence-electron chi connectivity index (χ3n) is 3.63. The summed E-state index contributed by atoms with van der Waals surface area (Å²) in [5, 5.41) is 6.13. The Labute approximate surface area is 135 Å². The summed E-state index contributed by atoms with van der Waals surface area (Å²) in [5.41, 5.74) is 0.621. The lowest BCUT2D eigenvalue weighted by Gasteiger charge is -2.31. The molecular formula is C14H20ClN3O3S. The van der Waals surface area contributed by atoms with E-state index in [4.69, 9.17) is 11.6 Å². The molecular weight excluding hydrogens is 326 g/mol. The van der Waals surface area contributed by atoms with Gasteiger partial charge in [-0.25, -0.2) is 17.5 Å². The highest BCUT2D eigenvalue weighted by atomic mass is 35.5. The lowest BCUT2D eigenvalue weighted by Crippen LogP contribution is -2.47. The second-order valence-corrected chi connectivity index (χ2v) is 7.88. The number of hydrogen-bond donors (Lipinski definition) is 2. The van der Waals surface area contributed by atoms with Crippen LogP contribution in [0.4, 0.5) is 10.5 Å². The van der Waals surface area contributed by atoms with Crippen molar-refractivity contribution in [1.29, 1.82) is 0 Å². The number of carbonyl (C=O) groups excluding carboxylic acids is 1. The van der Waals surface area contributed by atoms with Gasteiger partial charge in [0.15, 0.2) is 0 Å². The van der Waals surface area contributed by atoms with E-state index in [1.54, 1.807) is 31.2 Å². The van der Waals surface area contributed by atoms with Gasteiger partial charge in [0, 0.05) is 29.8 Å². The molecule has 1 fully saturated rings. The first kappa shape index (κ1) is 17.1. The fourth-order valence-corrected chi connectivity index (χ4v) is 3.70. The molecule has 0 saturated carbocycles. The zero-order valence-electron chi connectivity index (χ0n) is 12.4. The summed E-state index contributed by atoms with van der Waals surface area (Å²) in [5.74, 6) is 0.111. The number of benzene rings is 1. The van der Waals surface area contributed by atoms with Crippen LogP contribution in [0.5, 0.6) is 0 Å². The van der Waals surface area contributed by atoms with Crippen LogP contribution in [0.2, 0.25) is 5.02 Å². The molecule has 0 aliphatic carbocycles. The van der Waals surface area contributed by atoms with E-state index in [1.165, 1.54) is 4.31 Å². The molecule has 8 heteroatoms. The Bertz CT molecular complexity index is 628. The van der Waals surface area contributed by atoms with Crippen molar-refractivity contribution in [2.45, 2.75) is 25.8 Å². The SMILES string of the molecule is CCS(=O)(=O)N1CCC(NC(=O)Nc2cccc(Cl)c2)CC1. The lowest BCUT2D eigenvalue weighted by molar-refractivity contribution is 0.238. The molecule has 0 atom stereocenters. The lowest BCUT2D eigenvalue weighted by atomic mass is 10.1. The standard InChI is InChI=1S/C14H20ClN3O3S/c1-2-22(20,21)18-8-6-12(7-9-18)16-14(19)17-13-5-3-4-11(15)10-13/h3-5,10,12H,2,6-9H2,1H3,(H2,16,17,19). The van der Waals surface area contributed by atoms with Gasteiger partial charge < -0.3 is 10.6 Å². The van der Waals surface area contributed by atoms with Gasteiger partial charge in [-0.2, -0.15) is 0 Å². The molecule has 1 saturated heterocycles. The van der Waals surface area contributed by atoms with E-state index in [2.05, 4.69) is 10.6 Å². The molecule has 2 rings (SSSR count). The first-order valence-corrected chi connectivity index (χ1v) is 9.20. The van der Waals surface area contributed by atoms with Crippen LogP contribution in [0.3, 0.4) is 0 Å². The van der Waals surface area contributed by atoms with Crippen LogP contribution in [-0.2, 0) is 10.0 Å². The molecule has 0 bridgehead atoms. The predicted octanol–water partition coefficient (Wildman–Crippen LogP) is 2.28. The van der Waals surface area contributed by atoms with Crippen LogP contribution in [0.25, 0.3) is 0 Å². The Kier molecular flexibility index (Phi) is 5.66. The molecule has 2 amide bonds. The Morgan fingerprint density at radius 1 is 1.36 bits per heavy atom. The number of nitrogens with zero attached hydrogens (tertiary/aromatic N) is 1. The molecule has 122 valence electrons. The van der Waals surface area contributed by atoms with Crippen LogP contribution < -0.4 is 10.6 Å². The van der Waals surface area contributed by atoms with Crippen molar-refractivity contribution in [2.75, 3.05) is 24.2 Å². The summed E-state index contributed by atoms with van der Waals surface area (Å²) in [6, 6.07) is 6.57. The summed E-state index contributed by atoms with van der Waals surface area (Å²) in [6.07, 6.45) is 1.23. The zero-order valence-corrected chi connectivity index (χ0v) is 14.0. The normalized spacial score (nSPS) is 17.2. The topological polar surface area (TPSA) is 78.5 Å². The fourth-order valence-electron chi connectivity index (χ4n) is 2.38. The maximum atomic E-state index is 11.9. The first-order valence-electron chi connectivity index (χ1n) is 7.21. The van der Waals surface area contributed by atoms with Crippen molar-refractivity contribution >= 4 is 33.3 Å². The molecule has 1 aromatic carbocycles. The smallest absolute Gasteiger partial charge is 0.319 e. The Morgan fingerprint density at radius 2 is 2.05 bits per heavy atom. The second-order valence-electron chi connectivity index (χ2n) is 5.18. The van der Waals surface area contributed by atoms with E-state index in [0.29, 0.717) is 36.6 Å². The highest BCUT2D eigenvalue weighted by Crippen LogP contribution is 2.16. The summed E-state index contributed by atoms with van der Waals surface area (Å²) in [7, 11) is -3.14. The van der Waals surface area contributed by atoms with Crippen LogP contribution in [0.15, 0.2) is 24.3 Å². The highest BCUT2D eigenvalue weighted by molar-refractivity contribution is 7.89. The van der Waals surface area contributed by atoms with Crippen molar-refractivity contribution in [2.24, 2.45) is 0 Å². The van der Waals surface area contributed by atoms with Crippen molar-refractivity contribution in [3.8, 4) is 0 Å². The van der Waals surface area contributed by atoms with E-state index in [9.17, 15) is 13.2 Å². The Balaban J connectivity index is 1.82. The number of anilines is 1. The molecule has 0 unspecified atom stereocenters. The van der Waals surface area contributed by atoms with E-state index >= 15 is 0 Å². The summed E-state index contributed by atoms with van der Waals surface area (Å²) >= 11 is 5.86. The maximum absolute atomic E-state index is 11.9. The first-order chi connectivity index (χ1) is 10.4. The fraction of sp³-hybridized carbons (Fsp3) is 0.500. The summed E-state index contributed by atoms with van der Waals surface area (Å²) in [6.45, 7) is 2.52. The number of halogens is 1. The molecule has 0 radical (unpaired) electrons. The number of sulfonamides is 1. The molecule has 1 heterocycles.